The Hall–Kier alpha value is 0.440. The lowest BCUT2D eigenvalue weighted by molar-refractivity contribution is 0.185. The highest BCUT2D eigenvalue weighted by molar-refractivity contribution is 9.09. The van der Waals surface area contributed by atoms with Crippen molar-refractivity contribution in [3.8, 4) is 0 Å². The number of alkyl halides is 1. The Morgan fingerprint density at radius 2 is 2.17 bits per heavy atom. The fourth-order valence-electron chi connectivity index (χ4n) is 1.70. The predicted octanol–water partition coefficient (Wildman–Crippen LogP) is 2.89. The van der Waals surface area contributed by atoms with Crippen molar-refractivity contribution < 1.29 is 0 Å². The van der Waals surface area contributed by atoms with Gasteiger partial charge in [0.05, 0.1) is 0 Å². The van der Waals surface area contributed by atoms with Crippen LogP contribution in [0.3, 0.4) is 0 Å². The van der Waals surface area contributed by atoms with Gasteiger partial charge in [-0.05, 0) is 38.3 Å². The zero-order chi connectivity index (χ0) is 8.81. The van der Waals surface area contributed by atoms with Crippen molar-refractivity contribution >= 4 is 15.9 Å². The van der Waals surface area contributed by atoms with Gasteiger partial charge in [-0.25, -0.2) is 0 Å². The molecule has 1 rings (SSSR count). The third-order valence-electron chi connectivity index (χ3n) is 2.80. The van der Waals surface area contributed by atoms with Crippen molar-refractivity contribution in [3.05, 3.63) is 0 Å². The second-order valence-electron chi connectivity index (χ2n) is 3.73. The number of nitrogens with zero attached hydrogens (tertiary/aromatic N) is 1. The average Bonchev–Trinajstić information content (AvgIpc) is 2.02. The van der Waals surface area contributed by atoms with Gasteiger partial charge in [-0.15, -0.1) is 0 Å². The summed E-state index contributed by atoms with van der Waals surface area (Å²) in [6, 6.07) is 0. The fraction of sp³-hybridized carbons (Fsp3) is 1.00. The van der Waals surface area contributed by atoms with Crippen LogP contribution in [0.4, 0.5) is 0 Å². The summed E-state index contributed by atoms with van der Waals surface area (Å²) >= 11 is 3.48. The molecular formula is C10H20BrN. The quantitative estimate of drug-likeness (QED) is 0.639. The summed E-state index contributed by atoms with van der Waals surface area (Å²) in [5.41, 5.74) is 0. The van der Waals surface area contributed by atoms with Gasteiger partial charge in [-0.1, -0.05) is 29.3 Å². The number of hydrogen-bond acceptors (Lipinski definition) is 1. The van der Waals surface area contributed by atoms with E-state index in [2.05, 4.69) is 27.8 Å². The molecule has 72 valence electrons. The molecule has 0 aromatic heterocycles. The minimum atomic E-state index is 1.03. The lowest BCUT2D eigenvalue weighted by Gasteiger charge is -2.31. The van der Waals surface area contributed by atoms with Crippen molar-refractivity contribution in [2.45, 2.75) is 32.6 Å². The van der Waals surface area contributed by atoms with E-state index in [1.54, 1.807) is 0 Å². The number of rotatable bonds is 6. The van der Waals surface area contributed by atoms with Crippen molar-refractivity contribution in [3.63, 3.8) is 0 Å². The van der Waals surface area contributed by atoms with E-state index in [1.807, 2.05) is 0 Å². The van der Waals surface area contributed by atoms with Crippen LogP contribution in [-0.4, -0.2) is 29.9 Å². The van der Waals surface area contributed by atoms with E-state index >= 15 is 0 Å². The van der Waals surface area contributed by atoms with Crippen LogP contribution in [0.25, 0.3) is 0 Å². The lowest BCUT2D eigenvalue weighted by atomic mass is 9.85. The maximum absolute atomic E-state index is 3.48. The van der Waals surface area contributed by atoms with Crippen molar-refractivity contribution in [2.75, 3.05) is 25.0 Å². The van der Waals surface area contributed by atoms with E-state index in [1.165, 1.54) is 45.3 Å². The van der Waals surface area contributed by atoms with Gasteiger partial charge < -0.3 is 4.90 Å². The SMILES string of the molecule is CCN(CCCBr)CC1CCC1. The monoisotopic (exact) mass is 233 g/mol. The van der Waals surface area contributed by atoms with Gasteiger partial charge in [-0.2, -0.15) is 0 Å². The van der Waals surface area contributed by atoms with Gasteiger partial charge in [0, 0.05) is 11.9 Å². The molecule has 1 aliphatic carbocycles. The van der Waals surface area contributed by atoms with Crippen molar-refractivity contribution in [1.82, 2.24) is 4.90 Å². The largest absolute Gasteiger partial charge is 0.303 e. The minimum Gasteiger partial charge on any atom is -0.303 e. The van der Waals surface area contributed by atoms with Crippen LogP contribution in [0, 0.1) is 5.92 Å². The van der Waals surface area contributed by atoms with Crippen LogP contribution in [0.2, 0.25) is 0 Å². The highest BCUT2D eigenvalue weighted by Crippen LogP contribution is 2.26. The van der Waals surface area contributed by atoms with Crippen molar-refractivity contribution in [1.29, 1.82) is 0 Å². The zero-order valence-corrected chi connectivity index (χ0v) is 9.65. The Morgan fingerprint density at radius 1 is 1.42 bits per heavy atom. The third-order valence-corrected chi connectivity index (χ3v) is 3.36. The van der Waals surface area contributed by atoms with Crippen LogP contribution in [-0.2, 0) is 0 Å². The van der Waals surface area contributed by atoms with E-state index in [4.69, 9.17) is 0 Å². The van der Waals surface area contributed by atoms with Gasteiger partial charge in [0.15, 0.2) is 0 Å². The summed E-state index contributed by atoms with van der Waals surface area (Å²) in [4.78, 5) is 2.59. The Balaban J connectivity index is 2.06. The summed E-state index contributed by atoms with van der Waals surface area (Å²) in [6.45, 7) is 6.12. The molecule has 0 spiro atoms. The highest BCUT2D eigenvalue weighted by Gasteiger charge is 2.19. The molecule has 0 aliphatic heterocycles. The molecule has 0 aromatic rings. The molecule has 0 bridgehead atoms. The minimum absolute atomic E-state index is 1.03. The Kier molecular flexibility index (Phi) is 5.24. The van der Waals surface area contributed by atoms with Gasteiger partial charge in [0.25, 0.3) is 0 Å². The highest BCUT2D eigenvalue weighted by atomic mass is 79.9. The first-order valence-corrected chi connectivity index (χ1v) is 6.27. The first kappa shape index (κ1) is 10.5. The summed E-state index contributed by atoms with van der Waals surface area (Å²) < 4.78 is 0. The van der Waals surface area contributed by atoms with Crippen LogP contribution in [0.15, 0.2) is 0 Å². The second-order valence-corrected chi connectivity index (χ2v) is 4.53. The van der Waals surface area contributed by atoms with Crippen LogP contribution < -0.4 is 0 Å². The fourth-order valence-corrected chi connectivity index (χ4v) is 1.95. The molecule has 0 radical (unpaired) electrons. The summed E-state index contributed by atoms with van der Waals surface area (Å²) in [7, 11) is 0. The summed E-state index contributed by atoms with van der Waals surface area (Å²) in [5.74, 6) is 1.03. The predicted molar refractivity (Wildman–Crippen MR) is 57.9 cm³/mol. The molecule has 1 fully saturated rings. The Morgan fingerprint density at radius 3 is 2.58 bits per heavy atom. The summed E-state index contributed by atoms with van der Waals surface area (Å²) in [6.07, 6.45) is 5.72. The molecule has 0 unspecified atom stereocenters. The molecule has 0 saturated heterocycles. The molecule has 1 aliphatic rings. The van der Waals surface area contributed by atoms with Gasteiger partial charge in [0.2, 0.25) is 0 Å². The molecular weight excluding hydrogens is 214 g/mol. The van der Waals surface area contributed by atoms with Gasteiger partial charge in [-0.3, -0.25) is 0 Å². The normalized spacial score (nSPS) is 18.2. The number of halogens is 1. The molecule has 0 amide bonds. The summed E-state index contributed by atoms with van der Waals surface area (Å²) in [5, 5.41) is 1.15. The third kappa shape index (κ3) is 3.44. The van der Waals surface area contributed by atoms with Gasteiger partial charge in [0.1, 0.15) is 0 Å². The molecule has 1 saturated carbocycles. The second kappa shape index (κ2) is 5.98. The van der Waals surface area contributed by atoms with Crippen molar-refractivity contribution in [2.24, 2.45) is 5.92 Å². The average molecular weight is 234 g/mol. The molecule has 0 atom stereocenters. The zero-order valence-electron chi connectivity index (χ0n) is 8.06. The standard InChI is InChI=1S/C10H20BrN/c1-2-12(8-4-7-11)9-10-5-3-6-10/h10H,2-9H2,1H3. The van der Waals surface area contributed by atoms with Gasteiger partial charge >= 0.3 is 0 Å². The van der Waals surface area contributed by atoms with Crippen LogP contribution in [0.1, 0.15) is 32.6 Å². The molecule has 1 nitrogen and oxygen atoms in total. The Labute approximate surface area is 84.6 Å². The van der Waals surface area contributed by atoms with Crippen LogP contribution >= 0.6 is 15.9 Å². The smallest absolute Gasteiger partial charge is 0.00434 e. The topological polar surface area (TPSA) is 3.24 Å². The van der Waals surface area contributed by atoms with E-state index < -0.39 is 0 Å². The lowest BCUT2D eigenvalue weighted by Crippen LogP contribution is -2.33. The van der Waals surface area contributed by atoms with E-state index in [-0.39, 0.29) is 0 Å². The van der Waals surface area contributed by atoms with Crippen LogP contribution in [0.5, 0.6) is 0 Å². The molecule has 0 N–H and O–H groups in total. The maximum atomic E-state index is 3.48. The molecule has 2 heteroatoms. The van der Waals surface area contributed by atoms with E-state index in [0.29, 0.717) is 0 Å². The first-order chi connectivity index (χ1) is 5.86. The first-order valence-electron chi connectivity index (χ1n) is 5.15. The molecule has 0 heterocycles. The molecule has 0 aromatic carbocycles. The number of hydrogen-bond donors (Lipinski definition) is 0. The van der Waals surface area contributed by atoms with E-state index in [9.17, 15) is 0 Å². The molecule has 12 heavy (non-hydrogen) atoms. The maximum Gasteiger partial charge on any atom is 0.00434 e. The van der Waals surface area contributed by atoms with E-state index in [0.717, 1.165) is 11.2 Å². The Bertz CT molecular complexity index is 112.